The molecule has 3 aliphatic rings. The first-order chi connectivity index (χ1) is 15.8. The van der Waals surface area contributed by atoms with Gasteiger partial charge in [-0.3, -0.25) is 19.3 Å². The number of anilines is 2. The topological polar surface area (TPSA) is 191 Å². The summed E-state index contributed by atoms with van der Waals surface area (Å²) in [4.78, 5) is 42.0. The molecule has 0 aromatic heterocycles. The van der Waals surface area contributed by atoms with Crippen molar-refractivity contribution in [1.29, 1.82) is 0 Å². The summed E-state index contributed by atoms with van der Waals surface area (Å²) < 4.78 is 0. The van der Waals surface area contributed by atoms with Gasteiger partial charge in [0, 0.05) is 37.2 Å². The van der Waals surface area contributed by atoms with Gasteiger partial charge in [-0.15, -0.1) is 0 Å². The third-order valence-electron chi connectivity index (χ3n) is 7.16. The van der Waals surface area contributed by atoms with Crippen LogP contribution < -0.4 is 16.4 Å². The molecule has 0 heterocycles. The molecule has 1 amide bonds. The molecule has 34 heavy (non-hydrogen) atoms. The van der Waals surface area contributed by atoms with Crippen LogP contribution in [0.5, 0.6) is 5.75 Å². The number of benzene rings is 1. The summed E-state index contributed by atoms with van der Waals surface area (Å²) in [5, 5.41) is 44.1. The van der Waals surface area contributed by atoms with Gasteiger partial charge in [-0.2, -0.15) is 0 Å². The Morgan fingerprint density at radius 1 is 1.09 bits per heavy atom. The normalized spacial score (nSPS) is 28.6. The number of nitrogen functional groups attached to an aromatic ring is 1. The number of carbonyl (C=O) groups is 3. The molecule has 0 fully saturated rings. The summed E-state index contributed by atoms with van der Waals surface area (Å²) >= 11 is 0. The fraction of sp³-hybridized carbons (Fsp3) is 0.435. The van der Waals surface area contributed by atoms with E-state index in [2.05, 4.69) is 0 Å². The van der Waals surface area contributed by atoms with E-state index in [0.717, 1.165) is 0 Å². The summed E-state index contributed by atoms with van der Waals surface area (Å²) in [6, 6.07) is 0.502. The molecular formula is C23H28N4O7. The fourth-order valence-corrected chi connectivity index (χ4v) is 5.72. The Labute approximate surface area is 195 Å². The number of phenols is 1. The number of aromatic hydroxyl groups is 1. The number of aliphatic hydroxyl groups is 3. The maximum atomic E-state index is 13.6. The van der Waals surface area contributed by atoms with Crippen LogP contribution in [0, 0.1) is 17.8 Å². The quantitative estimate of drug-likeness (QED) is 0.192. The van der Waals surface area contributed by atoms with Crippen molar-refractivity contribution in [3.8, 4) is 5.75 Å². The van der Waals surface area contributed by atoms with Crippen molar-refractivity contribution in [3.63, 3.8) is 0 Å². The number of aliphatic hydroxyl groups excluding tert-OH is 3. The monoisotopic (exact) mass is 472 g/mol. The van der Waals surface area contributed by atoms with Crippen LogP contribution in [0.3, 0.4) is 0 Å². The van der Waals surface area contributed by atoms with Gasteiger partial charge in [-0.25, -0.2) is 0 Å². The lowest BCUT2D eigenvalue weighted by Gasteiger charge is -2.48. The number of amides is 1. The second-order valence-corrected chi connectivity index (χ2v) is 9.46. The van der Waals surface area contributed by atoms with Crippen LogP contribution in [0.4, 0.5) is 11.4 Å². The predicted octanol–water partition coefficient (Wildman–Crippen LogP) is -0.375. The molecule has 3 aliphatic carbocycles. The Morgan fingerprint density at radius 3 is 2.24 bits per heavy atom. The number of fused-ring (bicyclic) bond motifs is 3. The van der Waals surface area contributed by atoms with Gasteiger partial charge in [0.15, 0.2) is 11.6 Å². The molecule has 3 unspecified atom stereocenters. The SMILES string of the molecule is CN(C)c1cc(N)c(O)c2c1CC1C(=C(O)C3C(=O)C(C(N)=O)=C(O)[C@@H](N(C)C)C3[C@H]1O)C2=O. The first-order valence-electron chi connectivity index (χ1n) is 10.7. The smallest absolute Gasteiger partial charge is 0.255 e. The van der Waals surface area contributed by atoms with Crippen molar-refractivity contribution in [3.05, 3.63) is 39.9 Å². The lowest BCUT2D eigenvalue weighted by atomic mass is 9.59. The van der Waals surface area contributed by atoms with E-state index >= 15 is 0 Å². The van der Waals surface area contributed by atoms with Crippen LogP contribution in [0.25, 0.3) is 0 Å². The van der Waals surface area contributed by atoms with Crippen molar-refractivity contribution in [2.75, 3.05) is 38.8 Å². The van der Waals surface area contributed by atoms with Gasteiger partial charge in [0.1, 0.15) is 22.8 Å². The Kier molecular flexibility index (Phi) is 5.37. The number of primary amides is 1. The van der Waals surface area contributed by atoms with Crippen molar-refractivity contribution in [2.24, 2.45) is 23.5 Å². The van der Waals surface area contributed by atoms with Crippen LogP contribution in [-0.4, -0.2) is 83.1 Å². The van der Waals surface area contributed by atoms with Gasteiger partial charge in [0.25, 0.3) is 5.91 Å². The molecule has 0 bridgehead atoms. The van der Waals surface area contributed by atoms with Crippen molar-refractivity contribution < 1.29 is 34.8 Å². The zero-order valence-corrected chi connectivity index (χ0v) is 19.2. The Bertz CT molecular complexity index is 1200. The summed E-state index contributed by atoms with van der Waals surface area (Å²) in [5.74, 6) is -8.01. The van der Waals surface area contributed by atoms with Gasteiger partial charge in [0.05, 0.1) is 29.3 Å². The van der Waals surface area contributed by atoms with E-state index in [4.69, 9.17) is 11.5 Å². The molecule has 182 valence electrons. The number of nitrogens with zero attached hydrogens (tertiary/aromatic N) is 2. The molecule has 0 radical (unpaired) electrons. The van der Waals surface area contributed by atoms with E-state index in [9.17, 15) is 34.8 Å². The number of allylic oxidation sites excluding steroid dienone is 1. The van der Waals surface area contributed by atoms with E-state index < -0.39 is 70.2 Å². The number of phenolic OH excluding ortho intramolecular Hbond substituents is 1. The van der Waals surface area contributed by atoms with Crippen molar-refractivity contribution >= 4 is 28.8 Å². The van der Waals surface area contributed by atoms with Gasteiger partial charge in [-0.1, -0.05) is 0 Å². The highest BCUT2D eigenvalue weighted by Crippen LogP contribution is 2.52. The summed E-state index contributed by atoms with van der Waals surface area (Å²) in [6.07, 6.45) is -1.29. The van der Waals surface area contributed by atoms with E-state index in [1.54, 1.807) is 33.1 Å². The number of ketones is 2. The predicted molar refractivity (Wildman–Crippen MR) is 122 cm³/mol. The van der Waals surface area contributed by atoms with Crippen LogP contribution in [0.1, 0.15) is 15.9 Å². The van der Waals surface area contributed by atoms with E-state index in [1.807, 2.05) is 0 Å². The first kappa shape index (κ1) is 23.6. The lowest BCUT2D eigenvalue weighted by molar-refractivity contribution is -0.131. The number of rotatable bonds is 3. The molecule has 1 aromatic carbocycles. The average Bonchev–Trinajstić information content (AvgIpc) is 2.72. The zero-order chi connectivity index (χ0) is 25.4. The number of hydrogen-bond donors (Lipinski definition) is 6. The standard InChI is InChI=1S/C23H28N4O7/c1-26(2)10-6-9(24)18(29)11-7(10)5-8-12(19(11)30)20(31)14-13(17(8)28)16(27(3)4)22(33)15(21(14)32)23(25)34/h6,8,13-14,16-17,28-29,31,33H,5,24H2,1-4H3,(H2,25,34)/t8?,13?,14?,16-,17-/m0/s1. The molecule has 0 saturated carbocycles. The van der Waals surface area contributed by atoms with E-state index in [-0.39, 0.29) is 23.2 Å². The fourth-order valence-electron chi connectivity index (χ4n) is 5.72. The molecule has 0 saturated heterocycles. The van der Waals surface area contributed by atoms with E-state index in [1.165, 1.54) is 11.0 Å². The minimum absolute atomic E-state index is 0.0335. The average molecular weight is 472 g/mol. The third-order valence-corrected chi connectivity index (χ3v) is 7.16. The highest BCUT2D eigenvalue weighted by atomic mass is 16.3. The van der Waals surface area contributed by atoms with Crippen LogP contribution in [0.2, 0.25) is 0 Å². The molecule has 4 rings (SSSR count). The molecule has 11 nitrogen and oxygen atoms in total. The third kappa shape index (κ3) is 3.00. The van der Waals surface area contributed by atoms with E-state index in [0.29, 0.717) is 11.3 Å². The minimum atomic E-state index is -1.48. The summed E-state index contributed by atoms with van der Waals surface area (Å²) in [6.45, 7) is 0. The van der Waals surface area contributed by atoms with Crippen molar-refractivity contribution in [1.82, 2.24) is 4.90 Å². The van der Waals surface area contributed by atoms with Gasteiger partial charge >= 0.3 is 0 Å². The number of Topliss-reactive ketones (excluding diaryl/α,β-unsaturated/α-hetero) is 2. The maximum absolute atomic E-state index is 13.6. The summed E-state index contributed by atoms with van der Waals surface area (Å²) in [7, 11) is 6.65. The zero-order valence-electron chi connectivity index (χ0n) is 19.2. The largest absolute Gasteiger partial charge is 0.511 e. The lowest BCUT2D eigenvalue weighted by Crippen LogP contribution is -2.59. The molecular weight excluding hydrogens is 444 g/mol. The second kappa shape index (κ2) is 7.74. The van der Waals surface area contributed by atoms with Crippen molar-refractivity contribution in [2.45, 2.75) is 18.6 Å². The Balaban J connectivity index is 1.99. The maximum Gasteiger partial charge on any atom is 0.255 e. The van der Waals surface area contributed by atoms with Gasteiger partial charge in [0.2, 0.25) is 0 Å². The number of likely N-dealkylation sites (N-methyl/N-ethyl adjacent to an activating group) is 1. The number of hydrogen-bond acceptors (Lipinski definition) is 10. The Morgan fingerprint density at radius 2 is 1.71 bits per heavy atom. The molecule has 8 N–H and O–H groups in total. The number of nitrogens with two attached hydrogens (primary N) is 2. The minimum Gasteiger partial charge on any atom is -0.511 e. The highest BCUT2D eigenvalue weighted by Gasteiger charge is 2.58. The first-order valence-corrected chi connectivity index (χ1v) is 10.7. The molecule has 11 heteroatoms. The van der Waals surface area contributed by atoms with Crippen LogP contribution in [0.15, 0.2) is 28.7 Å². The van der Waals surface area contributed by atoms with Crippen LogP contribution in [-0.2, 0) is 16.0 Å². The van der Waals surface area contributed by atoms with Gasteiger partial charge < -0.3 is 36.8 Å². The molecule has 1 aromatic rings. The molecule has 0 aliphatic heterocycles. The Hall–Kier alpha value is -3.57. The number of carbonyl (C=O) groups excluding carboxylic acids is 3. The second-order valence-electron chi connectivity index (χ2n) is 9.46. The molecule has 0 spiro atoms. The van der Waals surface area contributed by atoms with Gasteiger partial charge in [-0.05, 0) is 32.1 Å². The molecule has 5 atom stereocenters. The van der Waals surface area contributed by atoms with Crippen LogP contribution >= 0.6 is 0 Å². The highest BCUT2D eigenvalue weighted by molar-refractivity contribution is 6.22. The summed E-state index contributed by atoms with van der Waals surface area (Å²) in [5.41, 5.74) is 11.2.